The smallest absolute Gasteiger partial charge is 0.239 e. The van der Waals surface area contributed by atoms with Gasteiger partial charge < -0.3 is 9.80 Å². The summed E-state index contributed by atoms with van der Waals surface area (Å²) in [4.78, 5) is 20.0. The van der Waals surface area contributed by atoms with Crippen LogP contribution in [0.15, 0.2) is 0 Å². The lowest BCUT2D eigenvalue weighted by molar-refractivity contribution is -0.139. The summed E-state index contributed by atoms with van der Waals surface area (Å²) in [7, 11) is 0. The van der Waals surface area contributed by atoms with Crippen LogP contribution in [0.1, 0.15) is 47.0 Å². The topological polar surface area (TPSA) is 26.8 Å². The van der Waals surface area contributed by atoms with Crippen LogP contribution in [0.3, 0.4) is 0 Å². The largest absolute Gasteiger partial charge is 0.341 e. The van der Waals surface area contributed by atoms with E-state index in [-0.39, 0.29) is 6.04 Å². The monoisotopic (exact) mass is 309 g/mol. The van der Waals surface area contributed by atoms with Gasteiger partial charge in [-0.25, -0.2) is 0 Å². The SMILES string of the molecule is CCCN1CCCN([C@@H](C)C(=O)N2C[C@H](C)C[C@H](C)C2)CC1. The first kappa shape index (κ1) is 17.7. The second-order valence-electron chi connectivity index (χ2n) is 7.60. The Balaban J connectivity index is 1.89. The minimum absolute atomic E-state index is 0.0408. The van der Waals surface area contributed by atoms with Gasteiger partial charge in [0.15, 0.2) is 0 Å². The summed E-state index contributed by atoms with van der Waals surface area (Å²) in [5, 5.41) is 0. The molecule has 2 heterocycles. The van der Waals surface area contributed by atoms with E-state index in [1.165, 1.54) is 32.4 Å². The van der Waals surface area contributed by atoms with Crippen LogP contribution in [0.5, 0.6) is 0 Å². The van der Waals surface area contributed by atoms with Gasteiger partial charge in [0.05, 0.1) is 6.04 Å². The molecule has 128 valence electrons. The van der Waals surface area contributed by atoms with E-state index in [4.69, 9.17) is 0 Å². The van der Waals surface area contributed by atoms with E-state index < -0.39 is 0 Å². The number of hydrogen-bond acceptors (Lipinski definition) is 3. The molecule has 2 fully saturated rings. The summed E-state index contributed by atoms with van der Waals surface area (Å²) in [5.74, 6) is 1.63. The van der Waals surface area contributed by atoms with Crippen LogP contribution >= 0.6 is 0 Å². The Hall–Kier alpha value is -0.610. The van der Waals surface area contributed by atoms with Crippen LogP contribution in [-0.4, -0.2) is 72.5 Å². The van der Waals surface area contributed by atoms with Crippen molar-refractivity contribution in [1.29, 1.82) is 0 Å². The average molecular weight is 309 g/mol. The zero-order chi connectivity index (χ0) is 16.1. The highest BCUT2D eigenvalue weighted by Gasteiger charge is 2.31. The molecule has 1 amide bonds. The molecular weight excluding hydrogens is 274 g/mol. The summed E-state index contributed by atoms with van der Waals surface area (Å²) in [6.45, 7) is 16.4. The van der Waals surface area contributed by atoms with Gasteiger partial charge in [-0.2, -0.15) is 0 Å². The molecule has 0 aliphatic carbocycles. The highest BCUT2D eigenvalue weighted by molar-refractivity contribution is 5.81. The van der Waals surface area contributed by atoms with Crippen LogP contribution in [0.25, 0.3) is 0 Å². The van der Waals surface area contributed by atoms with Crippen molar-refractivity contribution in [2.24, 2.45) is 11.8 Å². The van der Waals surface area contributed by atoms with Gasteiger partial charge in [-0.1, -0.05) is 20.8 Å². The number of piperidine rings is 1. The zero-order valence-electron chi connectivity index (χ0n) is 15.1. The fraction of sp³-hybridized carbons (Fsp3) is 0.944. The van der Waals surface area contributed by atoms with Crippen molar-refractivity contribution >= 4 is 5.91 Å². The number of carbonyl (C=O) groups excluding carboxylic acids is 1. The third kappa shape index (κ3) is 4.69. The van der Waals surface area contributed by atoms with Gasteiger partial charge in [0, 0.05) is 32.7 Å². The third-order valence-electron chi connectivity index (χ3n) is 5.25. The number of hydrogen-bond donors (Lipinski definition) is 0. The first-order chi connectivity index (χ1) is 10.5. The number of carbonyl (C=O) groups is 1. The fourth-order valence-electron chi connectivity index (χ4n) is 4.18. The van der Waals surface area contributed by atoms with Crippen molar-refractivity contribution in [3.63, 3.8) is 0 Å². The zero-order valence-corrected chi connectivity index (χ0v) is 15.1. The van der Waals surface area contributed by atoms with Gasteiger partial charge in [-0.05, 0) is 51.1 Å². The molecule has 2 aliphatic heterocycles. The number of nitrogens with zero attached hydrogens (tertiary/aromatic N) is 3. The molecule has 0 unspecified atom stereocenters. The molecule has 4 heteroatoms. The van der Waals surface area contributed by atoms with E-state index >= 15 is 0 Å². The average Bonchev–Trinajstić information content (AvgIpc) is 2.71. The Labute approximate surface area is 136 Å². The molecule has 4 nitrogen and oxygen atoms in total. The van der Waals surface area contributed by atoms with Crippen molar-refractivity contribution in [2.75, 3.05) is 45.8 Å². The Morgan fingerprint density at radius 3 is 2.41 bits per heavy atom. The minimum atomic E-state index is 0.0408. The molecule has 2 aliphatic rings. The molecular formula is C18H35N3O. The van der Waals surface area contributed by atoms with Crippen molar-refractivity contribution in [3.8, 4) is 0 Å². The Morgan fingerprint density at radius 1 is 1.09 bits per heavy atom. The Kier molecular flexibility index (Phi) is 6.69. The summed E-state index contributed by atoms with van der Waals surface area (Å²) < 4.78 is 0. The molecule has 0 spiro atoms. The molecule has 3 atom stereocenters. The van der Waals surface area contributed by atoms with Gasteiger partial charge in [0.2, 0.25) is 5.91 Å². The molecule has 22 heavy (non-hydrogen) atoms. The van der Waals surface area contributed by atoms with Gasteiger partial charge in [-0.15, -0.1) is 0 Å². The minimum Gasteiger partial charge on any atom is -0.341 e. The van der Waals surface area contributed by atoms with Gasteiger partial charge in [0.1, 0.15) is 0 Å². The van der Waals surface area contributed by atoms with Crippen molar-refractivity contribution < 1.29 is 4.79 Å². The molecule has 0 aromatic carbocycles. The van der Waals surface area contributed by atoms with Crippen LogP contribution in [0, 0.1) is 11.8 Å². The first-order valence-corrected chi connectivity index (χ1v) is 9.26. The fourth-order valence-corrected chi connectivity index (χ4v) is 4.18. The number of likely N-dealkylation sites (tertiary alicyclic amines) is 1. The van der Waals surface area contributed by atoms with Gasteiger partial charge >= 0.3 is 0 Å². The van der Waals surface area contributed by atoms with Crippen molar-refractivity contribution in [1.82, 2.24) is 14.7 Å². The summed E-state index contributed by atoms with van der Waals surface area (Å²) in [5.41, 5.74) is 0. The van der Waals surface area contributed by atoms with E-state index in [2.05, 4.69) is 42.4 Å². The molecule has 0 radical (unpaired) electrons. The van der Waals surface area contributed by atoms with Crippen LogP contribution in [0.2, 0.25) is 0 Å². The van der Waals surface area contributed by atoms with E-state index in [1.54, 1.807) is 0 Å². The van der Waals surface area contributed by atoms with Crippen molar-refractivity contribution in [3.05, 3.63) is 0 Å². The summed E-state index contributed by atoms with van der Waals surface area (Å²) >= 11 is 0. The second-order valence-corrected chi connectivity index (χ2v) is 7.60. The van der Waals surface area contributed by atoms with Crippen LogP contribution in [-0.2, 0) is 4.79 Å². The number of rotatable bonds is 4. The van der Waals surface area contributed by atoms with E-state index in [9.17, 15) is 4.79 Å². The lowest BCUT2D eigenvalue weighted by atomic mass is 9.91. The van der Waals surface area contributed by atoms with E-state index in [0.29, 0.717) is 17.7 Å². The van der Waals surface area contributed by atoms with Crippen LogP contribution in [0.4, 0.5) is 0 Å². The van der Waals surface area contributed by atoms with Gasteiger partial charge in [0.25, 0.3) is 0 Å². The third-order valence-corrected chi connectivity index (χ3v) is 5.25. The number of amides is 1. The highest BCUT2D eigenvalue weighted by atomic mass is 16.2. The maximum absolute atomic E-state index is 12.9. The second kappa shape index (κ2) is 8.30. The summed E-state index contributed by atoms with van der Waals surface area (Å²) in [6, 6.07) is 0.0408. The Morgan fingerprint density at radius 2 is 1.77 bits per heavy atom. The predicted octanol–water partition coefficient (Wildman–Crippen LogP) is 2.30. The lowest BCUT2D eigenvalue weighted by Crippen LogP contribution is -2.52. The maximum atomic E-state index is 12.9. The summed E-state index contributed by atoms with van der Waals surface area (Å²) in [6.07, 6.45) is 3.66. The quantitative estimate of drug-likeness (QED) is 0.797. The lowest BCUT2D eigenvalue weighted by Gasteiger charge is -2.38. The Bertz CT molecular complexity index is 350. The van der Waals surface area contributed by atoms with Crippen LogP contribution < -0.4 is 0 Å². The van der Waals surface area contributed by atoms with Crippen molar-refractivity contribution in [2.45, 2.75) is 53.0 Å². The molecule has 0 aromatic rings. The van der Waals surface area contributed by atoms with E-state index in [0.717, 1.165) is 32.7 Å². The first-order valence-electron chi connectivity index (χ1n) is 9.26. The molecule has 0 saturated carbocycles. The van der Waals surface area contributed by atoms with Gasteiger partial charge in [-0.3, -0.25) is 9.69 Å². The highest BCUT2D eigenvalue weighted by Crippen LogP contribution is 2.22. The molecule has 0 N–H and O–H groups in total. The maximum Gasteiger partial charge on any atom is 0.239 e. The molecule has 0 aromatic heterocycles. The normalized spacial score (nSPS) is 30.1. The molecule has 2 rings (SSSR count). The molecule has 2 saturated heterocycles. The molecule has 0 bridgehead atoms. The predicted molar refractivity (Wildman–Crippen MR) is 91.9 cm³/mol. The van der Waals surface area contributed by atoms with E-state index in [1.807, 2.05) is 0 Å². The standard InChI is InChI=1S/C18H35N3O/c1-5-7-19-8-6-9-20(11-10-19)17(4)18(22)21-13-15(2)12-16(3)14-21/h15-17H,5-14H2,1-4H3/t15-,16+,17-/m0/s1.